The van der Waals surface area contributed by atoms with E-state index in [1.807, 2.05) is 12.1 Å². The van der Waals surface area contributed by atoms with Gasteiger partial charge < -0.3 is 16.0 Å². The number of nitrogens with zero attached hydrogens (tertiary/aromatic N) is 2. The topological polar surface area (TPSA) is 53.6 Å². The molecule has 0 bridgehead atoms. The van der Waals surface area contributed by atoms with Crippen molar-refractivity contribution >= 4 is 11.6 Å². The van der Waals surface area contributed by atoms with Gasteiger partial charge in [0, 0.05) is 11.7 Å². The smallest absolute Gasteiger partial charge is 0.193 e. The van der Waals surface area contributed by atoms with Crippen molar-refractivity contribution in [2.24, 2.45) is 10.7 Å². The lowest BCUT2D eigenvalue weighted by atomic mass is 10.2. The Hall–Kier alpha value is -1.55. The summed E-state index contributed by atoms with van der Waals surface area (Å²) in [5.41, 5.74) is 8.11. The normalized spacial score (nSPS) is 21.2. The molecule has 1 aromatic carbocycles. The minimum Gasteiger partial charge on any atom is -0.370 e. The second kappa shape index (κ2) is 5.87. The second-order valence-electron chi connectivity index (χ2n) is 4.99. The lowest BCUT2D eigenvalue weighted by Crippen LogP contribution is -2.30. The SMILES string of the molecule is Cc1ccc(NC(N)=NCC2CCCN2C)cc1. The summed E-state index contributed by atoms with van der Waals surface area (Å²) in [6.45, 7) is 4.02. The molecule has 1 fully saturated rings. The molecule has 0 radical (unpaired) electrons. The Morgan fingerprint density at radius 2 is 2.17 bits per heavy atom. The van der Waals surface area contributed by atoms with Gasteiger partial charge in [-0.1, -0.05) is 17.7 Å². The van der Waals surface area contributed by atoms with E-state index < -0.39 is 0 Å². The van der Waals surface area contributed by atoms with Gasteiger partial charge in [-0.05, 0) is 45.5 Å². The number of benzene rings is 1. The molecule has 18 heavy (non-hydrogen) atoms. The highest BCUT2D eigenvalue weighted by Gasteiger charge is 2.19. The first-order valence-corrected chi connectivity index (χ1v) is 6.49. The molecule has 2 rings (SSSR count). The molecule has 1 heterocycles. The lowest BCUT2D eigenvalue weighted by Gasteiger charge is -2.17. The third-order valence-electron chi connectivity index (χ3n) is 3.47. The van der Waals surface area contributed by atoms with Crippen LogP contribution in [0.3, 0.4) is 0 Å². The van der Waals surface area contributed by atoms with E-state index >= 15 is 0 Å². The van der Waals surface area contributed by atoms with Crippen molar-refractivity contribution in [3.63, 3.8) is 0 Å². The lowest BCUT2D eigenvalue weighted by molar-refractivity contribution is 0.317. The molecule has 1 aromatic rings. The minimum atomic E-state index is 0.499. The molecule has 1 atom stereocenters. The van der Waals surface area contributed by atoms with Crippen molar-refractivity contribution in [1.29, 1.82) is 0 Å². The standard InChI is InChI=1S/C14H22N4/c1-11-5-7-12(8-6-11)17-14(15)16-10-13-4-3-9-18(13)2/h5-8,13H,3-4,9-10H2,1-2H3,(H3,15,16,17). The van der Waals surface area contributed by atoms with Crippen LogP contribution in [0.1, 0.15) is 18.4 Å². The van der Waals surface area contributed by atoms with E-state index in [1.54, 1.807) is 0 Å². The van der Waals surface area contributed by atoms with Gasteiger partial charge in [0.15, 0.2) is 5.96 Å². The second-order valence-corrected chi connectivity index (χ2v) is 4.99. The molecule has 98 valence electrons. The number of likely N-dealkylation sites (N-methyl/N-ethyl adjacent to an activating group) is 1. The number of aryl methyl sites for hydroxylation is 1. The van der Waals surface area contributed by atoms with E-state index in [2.05, 4.69) is 41.3 Å². The number of nitrogens with two attached hydrogens (primary N) is 1. The fraction of sp³-hybridized carbons (Fsp3) is 0.500. The number of aliphatic imine (C=N–C) groups is 1. The number of hydrogen-bond acceptors (Lipinski definition) is 2. The van der Waals surface area contributed by atoms with Gasteiger partial charge in [0.1, 0.15) is 0 Å². The summed E-state index contributed by atoms with van der Waals surface area (Å²) in [4.78, 5) is 6.77. The Kier molecular flexibility index (Phi) is 4.20. The first-order valence-electron chi connectivity index (χ1n) is 6.49. The first kappa shape index (κ1) is 12.9. The fourth-order valence-corrected chi connectivity index (χ4v) is 2.24. The predicted molar refractivity (Wildman–Crippen MR) is 76.9 cm³/mol. The molecular formula is C14H22N4. The number of guanidine groups is 1. The Morgan fingerprint density at radius 1 is 1.44 bits per heavy atom. The van der Waals surface area contributed by atoms with Gasteiger partial charge >= 0.3 is 0 Å². The maximum Gasteiger partial charge on any atom is 0.193 e. The Labute approximate surface area is 109 Å². The first-order chi connectivity index (χ1) is 8.65. The summed E-state index contributed by atoms with van der Waals surface area (Å²) in [7, 11) is 2.15. The van der Waals surface area contributed by atoms with Crippen LogP contribution in [0.15, 0.2) is 29.3 Å². The summed E-state index contributed by atoms with van der Waals surface area (Å²) >= 11 is 0. The average molecular weight is 246 g/mol. The summed E-state index contributed by atoms with van der Waals surface area (Å²) in [6, 6.07) is 8.68. The highest BCUT2D eigenvalue weighted by atomic mass is 15.2. The van der Waals surface area contributed by atoms with Crippen LogP contribution in [-0.2, 0) is 0 Å². The molecule has 4 heteroatoms. The molecule has 0 aliphatic carbocycles. The van der Waals surface area contributed by atoms with E-state index in [1.165, 1.54) is 24.9 Å². The zero-order valence-electron chi connectivity index (χ0n) is 11.2. The van der Waals surface area contributed by atoms with Crippen molar-refractivity contribution in [3.05, 3.63) is 29.8 Å². The van der Waals surface area contributed by atoms with E-state index in [0.717, 1.165) is 12.2 Å². The van der Waals surface area contributed by atoms with Crippen molar-refractivity contribution in [3.8, 4) is 0 Å². The van der Waals surface area contributed by atoms with Crippen LogP contribution in [0.5, 0.6) is 0 Å². The van der Waals surface area contributed by atoms with Crippen molar-refractivity contribution < 1.29 is 0 Å². The molecule has 0 amide bonds. The van der Waals surface area contributed by atoms with Gasteiger partial charge in [-0.3, -0.25) is 4.99 Å². The van der Waals surface area contributed by atoms with Crippen LogP contribution in [0.4, 0.5) is 5.69 Å². The fourth-order valence-electron chi connectivity index (χ4n) is 2.24. The maximum atomic E-state index is 5.89. The van der Waals surface area contributed by atoms with Crippen molar-refractivity contribution in [1.82, 2.24) is 4.90 Å². The number of nitrogens with one attached hydrogen (secondary N) is 1. The Bertz CT molecular complexity index is 410. The molecule has 1 unspecified atom stereocenters. The molecule has 0 spiro atoms. The number of anilines is 1. The molecule has 0 saturated carbocycles. The van der Waals surface area contributed by atoms with Gasteiger partial charge in [0.2, 0.25) is 0 Å². The van der Waals surface area contributed by atoms with Gasteiger partial charge in [-0.15, -0.1) is 0 Å². The van der Waals surface area contributed by atoms with Gasteiger partial charge in [0.05, 0.1) is 6.54 Å². The molecule has 1 aliphatic rings. The number of hydrogen-bond donors (Lipinski definition) is 2. The highest BCUT2D eigenvalue weighted by molar-refractivity contribution is 5.92. The van der Waals surface area contributed by atoms with Gasteiger partial charge in [0.25, 0.3) is 0 Å². The minimum absolute atomic E-state index is 0.499. The summed E-state index contributed by atoms with van der Waals surface area (Å²) in [5, 5.41) is 3.12. The molecule has 3 N–H and O–H groups in total. The van der Waals surface area contributed by atoms with Crippen LogP contribution < -0.4 is 11.1 Å². The Balaban J connectivity index is 1.87. The van der Waals surface area contributed by atoms with E-state index in [9.17, 15) is 0 Å². The zero-order valence-corrected chi connectivity index (χ0v) is 11.2. The van der Waals surface area contributed by atoms with E-state index in [-0.39, 0.29) is 0 Å². The Morgan fingerprint density at radius 3 is 2.78 bits per heavy atom. The predicted octanol–water partition coefficient (Wildman–Crippen LogP) is 1.82. The van der Waals surface area contributed by atoms with Gasteiger partial charge in [-0.2, -0.15) is 0 Å². The molecule has 1 aliphatic heterocycles. The molecular weight excluding hydrogens is 224 g/mol. The van der Waals surface area contributed by atoms with E-state index in [0.29, 0.717) is 12.0 Å². The van der Waals surface area contributed by atoms with Crippen LogP contribution in [0.2, 0.25) is 0 Å². The third-order valence-corrected chi connectivity index (χ3v) is 3.47. The van der Waals surface area contributed by atoms with Crippen LogP contribution in [0, 0.1) is 6.92 Å². The zero-order chi connectivity index (χ0) is 13.0. The average Bonchev–Trinajstić information content (AvgIpc) is 2.75. The highest BCUT2D eigenvalue weighted by Crippen LogP contribution is 2.14. The van der Waals surface area contributed by atoms with Crippen LogP contribution >= 0.6 is 0 Å². The number of likely N-dealkylation sites (tertiary alicyclic amines) is 1. The van der Waals surface area contributed by atoms with Crippen molar-refractivity contribution in [2.45, 2.75) is 25.8 Å². The van der Waals surface area contributed by atoms with Crippen LogP contribution in [0.25, 0.3) is 0 Å². The summed E-state index contributed by atoms with van der Waals surface area (Å²) in [5.74, 6) is 0.499. The van der Waals surface area contributed by atoms with Crippen LogP contribution in [-0.4, -0.2) is 37.0 Å². The maximum absolute atomic E-state index is 5.89. The molecule has 1 saturated heterocycles. The third kappa shape index (κ3) is 3.47. The van der Waals surface area contributed by atoms with Gasteiger partial charge in [-0.25, -0.2) is 0 Å². The van der Waals surface area contributed by atoms with Crippen molar-refractivity contribution in [2.75, 3.05) is 25.5 Å². The summed E-state index contributed by atoms with van der Waals surface area (Å²) < 4.78 is 0. The monoisotopic (exact) mass is 246 g/mol. The molecule has 0 aromatic heterocycles. The largest absolute Gasteiger partial charge is 0.370 e. The van der Waals surface area contributed by atoms with E-state index in [4.69, 9.17) is 5.73 Å². The summed E-state index contributed by atoms with van der Waals surface area (Å²) in [6.07, 6.45) is 2.49. The quantitative estimate of drug-likeness (QED) is 0.632. The number of rotatable bonds is 3. The molecule has 4 nitrogen and oxygen atoms in total.